The van der Waals surface area contributed by atoms with E-state index < -0.39 is 5.79 Å². The number of Topliss-reactive ketones (excluding diaryl/α,β-unsaturated/α-hetero) is 1. The van der Waals surface area contributed by atoms with Crippen molar-refractivity contribution in [1.82, 2.24) is 0 Å². The Hall–Kier alpha value is -0.410. The van der Waals surface area contributed by atoms with Gasteiger partial charge in [0.05, 0.1) is 0 Å². The highest BCUT2D eigenvalue weighted by molar-refractivity contribution is 5.83. The quantitative estimate of drug-likeness (QED) is 0.570. The summed E-state index contributed by atoms with van der Waals surface area (Å²) in [4.78, 5) is 11.1. The molecule has 0 aliphatic heterocycles. The number of carbonyl (C=O) groups excluding carboxylic acids is 1. The predicted molar refractivity (Wildman–Crippen MR) is 42.3 cm³/mol. The summed E-state index contributed by atoms with van der Waals surface area (Å²) in [6.07, 6.45) is 1.47. The monoisotopic (exact) mass is 160 g/mol. The molecule has 0 aromatic carbocycles. The van der Waals surface area contributed by atoms with Crippen molar-refractivity contribution >= 4 is 5.78 Å². The Morgan fingerprint density at radius 2 is 1.82 bits per heavy atom. The van der Waals surface area contributed by atoms with E-state index in [9.17, 15) is 4.79 Å². The standard InChI is InChI=1S/C8H16O3/c1-5-6-8(10-3,11-4)7(2)9/h5-6H2,1-4H3. The summed E-state index contributed by atoms with van der Waals surface area (Å²) in [6.45, 7) is 3.46. The van der Waals surface area contributed by atoms with Crippen molar-refractivity contribution in [3.05, 3.63) is 0 Å². The van der Waals surface area contributed by atoms with Gasteiger partial charge in [0.1, 0.15) is 0 Å². The molecule has 0 saturated carbocycles. The maximum atomic E-state index is 11.1. The first-order valence-electron chi connectivity index (χ1n) is 3.74. The van der Waals surface area contributed by atoms with Crippen LogP contribution in [0.4, 0.5) is 0 Å². The van der Waals surface area contributed by atoms with Crippen LogP contribution in [0.5, 0.6) is 0 Å². The van der Waals surface area contributed by atoms with Crippen LogP contribution in [0.1, 0.15) is 26.7 Å². The molecule has 0 fully saturated rings. The van der Waals surface area contributed by atoms with Gasteiger partial charge in [-0.2, -0.15) is 0 Å². The molecule has 0 heterocycles. The summed E-state index contributed by atoms with van der Waals surface area (Å²) in [6, 6.07) is 0. The SMILES string of the molecule is CCCC(OC)(OC)C(C)=O. The zero-order valence-corrected chi connectivity index (χ0v) is 7.64. The number of rotatable bonds is 5. The normalized spacial score (nSPS) is 11.6. The highest BCUT2D eigenvalue weighted by atomic mass is 16.7. The van der Waals surface area contributed by atoms with E-state index >= 15 is 0 Å². The van der Waals surface area contributed by atoms with Crippen molar-refractivity contribution in [2.45, 2.75) is 32.5 Å². The number of carbonyl (C=O) groups is 1. The van der Waals surface area contributed by atoms with Crippen LogP contribution in [0.25, 0.3) is 0 Å². The minimum absolute atomic E-state index is 0.0793. The first-order valence-corrected chi connectivity index (χ1v) is 3.74. The molecule has 66 valence electrons. The van der Waals surface area contributed by atoms with Crippen LogP contribution in [0.2, 0.25) is 0 Å². The van der Waals surface area contributed by atoms with Crippen LogP contribution >= 0.6 is 0 Å². The molecule has 3 heteroatoms. The molecule has 0 aliphatic rings. The van der Waals surface area contributed by atoms with Gasteiger partial charge in [0.25, 0.3) is 0 Å². The van der Waals surface area contributed by atoms with E-state index in [0.29, 0.717) is 6.42 Å². The van der Waals surface area contributed by atoms with Crippen molar-refractivity contribution in [3.63, 3.8) is 0 Å². The van der Waals surface area contributed by atoms with Crippen molar-refractivity contribution in [3.8, 4) is 0 Å². The molecule has 0 saturated heterocycles. The Labute approximate surface area is 67.7 Å². The van der Waals surface area contributed by atoms with Crippen LogP contribution in [-0.4, -0.2) is 25.8 Å². The Bertz CT molecular complexity index is 127. The number of hydrogen-bond donors (Lipinski definition) is 0. The molecule has 0 spiro atoms. The van der Waals surface area contributed by atoms with Crippen LogP contribution in [-0.2, 0) is 14.3 Å². The molecule has 0 atom stereocenters. The summed E-state index contributed by atoms with van der Waals surface area (Å²) in [7, 11) is 2.97. The smallest absolute Gasteiger partial charge is 0.228 e. The molecule has 0 unspecified atom stereocenters. The minimum atomic E-state index is -1.01. The van der Waals surface area contributed by atoms with Crippen molar-refractivity contribution < 1.29 is 14.3 Å². The van der Waals surface area contributed by atoms with E-state index in [4.69, 9.17) is 9.47 Å². The molecule has 0 aliphatic carbocycles. The van der Waals surface area contributed by atoms with Crippen LogP contribution < -0.4 is 0 Å². The molecular weight excluding hydrogens is 144 g/mol. The van der Waals surface area contributed by atoms with Crippen molar-refractivity contribution in [1.29, 1.82) is 0 Å². The van der Waals surface area contributed by atoms with Gasteiger partial charge in [-0.1, -0.05) is 13.3 Å². The van der Waals surface area contributed by atoms with Gasteiger partial charge in [-0.15, -0.1) is 0 Å². The van der Waals surface area contributed by atoms with Gasteiger partial charge in [0.15, 0.2) is 5.78 Å². The van der Waals surface area contributed by atoms with Crippen LogP contribution in [0.15, 0.2) is 0 Å². The predicted octanol–water partition coefficient (Wildman–Crippen LogP) is 1.36. The summed E-state index contributed by atoms with van der Waals surface area (Å²) in [5.41, 5.74) is 0. The fourth-order valence-electron chi connectivity index (χ4n) is 1.08. The zero-order valence-electron chi connectivity index (χ0n) is 7.64. The van der Waals surface area contributed by atoms with Gasteiger partial charge < -0.3 is 9.47 Å². The topological polar surface area (TPSA) is 35.5 Å². The fraction of sp³-hybridized carbons (Fsp3) is 0.875. The second kappa shape index (κ2) is 4.46. The van der Waals surface area contributed by atoms with E-state index in [1.165, 1.54) is 21.1 Å². The first-order chi connectivity index (χ1) is 5.13. The summed E-state index contributed by atoms with van der Waals surface area (Å²) >= 11 is 0. The molecular formula is C8H16O3. The van der Waals surface area contributed by atoms with E-state index in [2.05, 4.69) is 0 Å². The highest BCUT2D eigenvalue weighted by Gasteiger charge is 2.33. The summed E-state index contributed by atoms with van der Waals surface area (Å²) < 4.78 is 10.0. The Morgan fingerprint density at radius 1 is 1.36 bits per heavy atom. The lowest BCUT2D eigenvalue weighted by Crippen LogP contribution is -2.41. The second-order valence-corrected chi connectivity index (χ2v) is 2.47. The van der Waals surface area contributed by atoms with Gasteiger partial charge in [-0.05, 0) is 0 Å². The maximum Gasteiger partial charge on any atom is 0.228 e. The largest absolute Gasteiger partial charge is 0.347 e. The number of methoxy groups -OCH3 is 2. The van der Waals surface area contributed by atoms with Crippen LogP contribution in [0, 0.1) is 0 Å². The third kappa shape index (κ3) is 2.27. The molecule has 11 heavy (non-hydrogen) atoms. The Balaban J connectivity index is 4.32. The average Bonchev–Trinajstić information content (AvgIpc) is 2.00. The van der Waals surface area contributed by atoms with E-state index in [1.807, 2.05) is 6.92 Å². The van der Waals surface area contributed by atoms with Gasteiger partial charge in [-0.3, -0.25) is 4.79 Å². The van der Waals surface area contributed by atoms with Crippen molar-refractivity contribution in [2.75, 3.05) is 14.2 Å². The first kappa shape index (κ1) is 10.6. The molecule has 0 aromatic rings. The molecule has 0 radical (unpaired) electrons. The van der Waals surface area contributed by atoms with Gasteiger partial charge >= 0.3 is 0 Å². The lowest BCUT2D eigenvalue weighted by Gasteiger charge is -2.27. The summed E-state index contributed by atoms with van der Waals surface area (Å²) in [5.74, 6) is -1.08. The van der Waals surface area contributed by atoms with Crippen molar-refractivity contribution in [2.24, 2.45) is 0 Å². The Morgan fingerprint density at radius 3 is 1.91 bits per heavy atom. The van der Waals surface area contributed by atoms with E-state index in [1.54, 1.807) is 0 Å². The average molecular weight is 160 g/mol. The highest BCUT2D eigenvalue weighted by Crippen LogP contribution is 2.18. The fourth-order valence-corrected chi connectivity index (χ4v) is 1.08. The number of hydrogen-bond acceptors (Lipinski definition) is 3. The lowest BCUT2D eigenvalue weighted by molar-refractivity contribution is -0.208. The van der Waals surface area contributed by atoms with E-state index in [0.717, 1.165) is 6.42 Å². The molecule has 0 N–H and O–H groups in total. The van der Waals surface area contributed by atoms with Gasteiger partial charge in [0.2, 0.25) is 5.79 Å². The molecule has 0 rings (SSSR count). The molecule has 0 amide bonds. The van der Waals surface area contributed by atoms with Gasteiger partial charge in [0, 0.05) is 27.6 Å². The van der Waals surface area contributed by atoms with E-state index in [-0.39, 0.29) is 5.78 Å². The maximum absolute atomic E-state index is 11.1. The Kier molecular flexibility index (Phi) is 4.30. The number of ether oxygens (including phenoxy) is 2. The molecule has 0 aromatic heterocycles. The summed E-state index contributed by atoms with van der Waals surface area (Å²) in [5, 5.41) is 0. The zero-order chi connectivity index (χ0) is 8.91. The third-order valence-corrected chi connectivity index (χ3v) is 1.77. The van der Waals surface area contributed by atoms with Crippen LogP contribution in [0.3, 0.4) is 0 Å². The minimum Gasteiger partial charge on any atom is -0.347 e. The van der Waals surface area contributed by atoms with Gasteiger partial charge in [-0.25, -0.2) is 0 Å². The third-order valence-electron chi connectivity index (χ3n) is 1.77. The lowest BCUT2D eigenvalue weighted by atomic mass is 10.1. The number of ketones is 1. The second-order valence-electron chi connectivity index (χ2n) is 2.47. The molecule has 3 nitrogen and oxygen atoms in total. The molecule has 0 bridgehead atoms.